The van der Waals surface area contributed by atoms with Gasteiger partial charge in [-0.1, -0.05) is 59.9 Å². The summed E-state index contributed by atoms with van der Waals surface area (Å²) in [4.78, 5) is 43.8. The number of rotatable bonds is 8. The lowest BCUT2D eigenvalue weighted by Crippen LogP contribution is -2.40. The first-order valence-corrected chi connectivity index (χ1v) is 14.9. The van der Waals surface area contributed by atoms with Gasteiger partial charge in [0.1, 0.15) is 17.3 Å². The van der Waals surface area contributed by atoms with E-state index in [9.17, 15) is 19.7 Å². The molecule has 1 aliphatic rings. The van der Waals surface area contributed by atoms with Crippen molar-refractivity contribution in [1.82, 2.24) is 4.57 Å². The lowest BCUT2D eigenvalue weighted by molar-refractivity contribution is -0.384. The molecule has 0 radical (unpaired) electrons. The molecule has 0 N–H and O–H groups in total. The molecule has 3 aromatic carbocycles. The van der Waals surface area contributed by atoms with E-state index in [4.69, 9.17) is 18.9 Å². The van der Waals surface area contributed by atoms with Crippen molar-refractivity contribution in [1.29, 1.82) is 0 Å². The third-order valence-corrected chi connectivity index (χ3v) is 8.39. The summed E-state index contributed by atoms with van der Waals surface area (Å²) in [6, 6.07) is 23.6. The highest BCUT2D eigenvalue weighted by atomic mass is 32.1. The second-order valence-corrected chi connectivity index (χ2v) is 11.2. The van der Waals surface area contributed by atoms with Crippen molar-refractivity contribution in [2.24, 2.45) is 4.99 Å². The number of aryl methyl sites for hydroxylation is 1. The van der Waals surface area contributed by atoms with Gasteiger partial charge in [-0.3, -0.25) is 19.5 Å². The van der Waals surface area contributed by atoms with Crippen LogP contribution in [0, 0.1) is 17.0 Å². The fourth-order valence-corrected chi connectivity index (χ4v) is 6.22. The molecule has 10 nitrogen and oxygen atoms in total. The number of carbonyl (C=O) groups is 1. The Morgan fingerprint density at radius 2 is 1.84 bits per heavy atom. The zero-order chi connectivity index (χ0) is 31.7. The maximum Gasteiger partial charge on any atom is 0.338 e. The van der Waals surface area contributed by atoms with Crippen molar-refractivity contribution in [3.8, 4) is 17.1 Å². The van der Waals surface area contributed by atoms with E-state index in [0.717, 1.165) is 5.56 Å². The van der Waals surface area contributed by atoms with Gasteiger partial charge in [0.25, 0.3) is 11.2 Å². The molecule has 1 unspecified atom stereocenters. The molecule has 0 saturated heterocycles. The van der Waals surface area contributed by atoms with Gasteiger partial charge in [0.15, 0.2) is 4.80 Å². The minimum atomic E-state index is -0.830. The van der Waals surface area contributed by atoms with Crippen molar-refractivity contribution in [2.45, 2.75) is 19.9 Å². The van der Waals surface area contributed by atoms with Crippen LogP contribution in [-0.2, 0) is 9.53 Å². The zero-order valence-corrected chi connectivity index (χ0v) is 25.4. The number of furan rings is 1. The number of hydrogen-bond donors (Lipinski definition) is 0. The number of aromatic nitrogens is 1. The second-order valence-electron chi connectivity index (χ2n) is 10.2. The Bertz CT molecular complexity index is 2140. The van der Waals surface area contributed by atoms with E-state index in [0.29, 0.717) is 49.0 Å². The topological polar surface area (TPSA) is 126 Å². The minimum Gasteiger partial charge on any atom is -0.497 e. The van der Waals surface area contributed by atoms with E-state index in [1.54, 1.807) is 50.4 Å². The van der Waals surface area contributed by atoms with Gasteiger partial charge in [0, 0.05) is 29.3 Å². The Labute approximate surface area is 261 Å². The van der Waals surface area contributed by atoms with Crippen LogP contribution in [-0.4, -0.2) is 29.2 Å². The number of nitrogens with zero attached hydrogens (tertiary/aromatic N) is 3. The van der Waals surface area contributed by atoms with Gasteiger partial charge >= 0.3 is 5.97 Å². The van der Waals surface area contributed by atoms with Gasteiger partial charge in [0.05, 0.1) is 40.5 Å². The molecule has 0 spiro atoms. The third-order valence-electron chi connectivity index (χ3n) is 7.40. The molecule has 45 heavy (non-hydrogen) atoms. The van der Waals surface area contributed by atoms with E-state index in [1.807, 2.05) is 49.4 Å². The first kappa shape index (κ1) is 29.5. The van der Waals surface area contributed by atoms with E-state index < -0.39 is 16.9 Å². The second kappa shape index (κ2) is 12.2. The summed E-state index contributed by atoms with van der Waals surface area (Å²) >= 11 is 1.17. The van der Waals surface area contributed by atoms with Crippen LogP contribution in [0.2, 0.25) is 0 Å². The standard InChI is InChI=1S/C34H27N3O7S/c1-4-43-33(39)29-30(21-8-6-5-7-9-21)35-34-36(31(29)22-11-14-24(42-3)15-12-22)32(38)28(45-34)19-25-16-17-27(44-25)26-18-23(37(40)41)13-10-20(26)2/h5-19,31H,4H2,1-3H3/b28-19-. The average molecular weight is 622 g/mol. The number of nitro groups is 1. The lowest BCUT2D eigenvalue weighted by Gasteiger charge is -2.26. The summed E-state index contributed by atoms with van der Waals surface area (Å²) in [6.45, 7) is 3.71. The first-order chi connectivity index (χ1) is 21.8. The first-order valence-electron chi connectivity index (χ1n) is 14.1. The molecule has 0 amide bonds. The van der Waals surface area contributed by atoms with Gasteiger partial charge in [-0.25, -0.2) is 9.79 Å². The number of ether oxygens (including phenoxy) is 2. The molecule has 6 rings (SSSR count). The summed E-state index contributed by atoms with van der Waals surface area (Å²) in [7, 11) is 1.57. The molecule has 226 valence electrons. The van der Waals surface area contributed by atoms with E-state index in [-0.39, 0.29) is 23.4 Å². The molecule has 0 aliphatic carbocycles. The van der Waals surface area contributed by atoms with Gasteiger partial charge in [-0.05, 0) is 49.2 Å². The van der Waals surface area contributed by atoms with Crippen molar-refractivity contribution < 1.29 is 23.6 Å². The van der Waals surface area contributed by atoms with Gasteiger partial charge in [-0.2, -0.15) is 0 Å². The number of esters is 1. The van der Waals surface area contributed by atoms with Crippen LogP contribution < -0.4 is 19.6 Å². The number of fused-ring (bicyclic) bond motifs is 1. The Balaban J connectivity index is 1.54. The molecule has 1 aliphatic heterocycles. The molecule has 11 heteroatoms. The Kier molecular flexibility index (Phi) is 8.01. The van der Waals surface area contributed by atoms with Crippen molar-refractivity contribution in [3.63, 3.8) is 0 Å². The van der Waals surface area contributed by atoms with E-state index >= 15 is 0 Å². The summed E-state index contributed by atoms with van der Waals surface area (Å²) in [6.07, 6.45) is 1.61. The van der Waals surface area contributed by atoms with E-state index in [2.05, 4.69) is 0 Å². The summed E-state index contributed by atoms with van der Waals surface area (Å²) in [5.41, 5.74) is 3.02. The number of thiazole rings is 1. The monoisotopic (exact) mass is 621 g/mol. The maximum absolute atomic E-state index is 14.1. The van der Waals surface area contributed by atoms with Crippen LogP contribution in [0.1, 0.15) is 35.4 Å². The number of non-ortho nitro benzene ring substituents is 1. The number of carbonyl (C=O) groups excluding carboxylic acids is 1. The predicted molar refractivity (Wildman–Crippen MR) is 170 cm³/mol. The molecule has 2 aromatic heterocycles. The van der Waals surface area contributed by atoms with Crippen molar-refractivity contribution in [3.05, 3.63) is 143 Å². The minimum absolute atomic E-state index is 0.0491. The highest BCUT2D eigenvalue weighted by Gasteiger charge is 2.35. The molecular formula is C34H27N3O7S. The average Bonchev–Trinajstić information content (AvgIpc) is 3.64. The number of hydrogen-bond acceptors (Lipinski definition) is 9. The molecule has 3 heterocycles. The molecular weight excluding hydrogens is 594 g/mol. The normalized spacial score (nSPS) is 14.6. The summed E-state index contributed by atoms with van der Waals surface area (Å²) in [5, 5.41) is 11.3. The van der Waals surface area contributed by atoms with Gasteiger partial charge in [0.2, 0.25) is 0 Å². The van der Waals surface area contributed by atoms with Crippen LogP contribution >= 0.6 is 11.3 Å². The van der Waals surface area contributed by atoms with E-state index in [1.165, 1.54) is 28.0 Å². The molecule has 5 aromatic rings. The van der Waals surface area contributed by atoms with Crippen molar-refractivity contribution >= 4 is 34.8 Å². The van der Waals surface area contributed by atoms with Gasteiger partial charge in [-0.15, -0.1) is 0 Å². The van der Waals surface area contributed by atoms with Crippen LogP contribution in [0.15, 0.2) is 105 Å². The summed E-state index contributed by atoms with van der Waals surface area (Å²) < 4.78 is 18.7. The molecule has 0 saturated carbocycles. The molecule has 1 atom stereocenters. The largest absolute Gasteiger partial charge is 0.497 e. The predicted octanol–water partition coefficient (Wildman–Crippen LogP) is 5.42. The smallest absolute Gasteiger partial charge is 0.338 e. The van der Waals surface area contributed by atoms with Crippen LogP contribution in [0.5, 0.6) is 5.75 Å². The zero-order valence-electron chi connectivity index (χ0n) is 24.6. The Hall–Kier alpha value is -5.55. The molecule has 0 fully saturated rings. The fraction of sp³-hybridized carbons (Fsp3) is 0.147. The highest BCUT2D eigenvalue weighted by Crippen LogP contribution is 2.36. The van der Waals surface area contributed by atoms with Crippen LogP contribution in [0.25, 0.3) is 23.1 Å². The summed E-state index contributed by atoms with van der Waals surface area (Å²) in [5.74, 6) is 0.874. The highest BCUT2D eigenvalue weighted by molar-refractivity contribution is 7.07. The quantitative estimate of drug-likeness (QED) is 0.129. The number of nitro benzene ring substituents is 1. The van der Waals surface area contributed by atoms with Crippen molar-refractivity contribution in [2.75, 3.05) is 13.7 Å². The Morgan fingerprint density at radius 3 is 2.53 bits per heavy atom. The Morgan fingerprint density at radius 1 is 1.09 bits per heavy atom. The van der Waals surface area contributed by atoms with Crippen LogP contribution in [0.3, 0.4) is 0 Å². The lowest BCUT2D eigenvalue weighted by atomic mass is 9.93. The van der Waals surface area contributed by atoms with Crippen LogP contribution in [0.4, 0.5) is 5.69 Å². The maximum atomic E-state index is 14.1. The third kappa shape index (κ3) is 5.61. The fourth-order valence-electron chi connectivity index (χ4n) is 5.24. The molecule has 0 bridgehead atoms. The number of benzene rings is 3. The SMILES string of the molecule is CCOC(=O)C1=C(c2ccccc2)N=c2s/c(=C\c3ccc(-c4cc([N+](=O)[O-])ccc4C)o3)c(=O)n2C1c1ccc(OC)cc1. The van der Waals surface area contributed by atoms with Gasteiger partial charge < -0.3 is 13.9 Å². The number of methoxy groups -OCH3 is 1.